The van der Waals surface area contributed by atoms with Gasteiger partial charge < -0.3 is 4.90 Å². The summed E-state index contributed by atoms with van der Waals surface area (Å²) in [7, 11) is 0. The summed E-state index contributed by atoms with van der Waals surface area (Å²) >= 11 is 0. The first-order valence-corrected chi connectivity index (χ1v) is 7.09. The number of pyridine rings is 1. The topological polar surface area (TPSA) is 57.0 Å². The van der Waals surface area contributed by atoms with Crippen LogP contribution in [-0.4, -0.2) is 17.4 Å². The zero-order chi connectivity index (χ0) is 14.4. The highest BCUT2D eigenvalue weighted by atomic mass is 16.2. The Hall–Kier alpha value is -2.67. The average molecular weight is 275 g/mol. The molecule has 0 fully saturated rings. The van der Waals surface area contributed by atoms with Crippen LogP contribution in [0, 0.1) is 11.3 Å². The lowest BCUT2D eigenvalue weighted by atomic mass is 9.89. The minimum Gasteiger partial charge on any atom is -0.311 e. The van der Waals surface area contributed by atoms with Gasteiger partial charge in [-0.2, -0.15) is 5.26 Å². The van der Waals surface area contributed by atoms with Crippen molar-refractivity contribution in [1.82, 2.24) is 4.98 Å². The molecule has 21 heavy (non-hydrogen) atoms. The number of carbonyl (C=O) groups is 1. The first kappa shape index (κ1) is 12.1. The molecule has 3 heterocycles. The second-order valence-corrected chi connectivity index (χ2v) is 5.43. The first-order valence-electron chi connectivity index (χ1n) is 7.09. The molecule has 102 valence electrons. The van der Waals surface area contributed by atoms with Gasteiger partial charge in [-0.3, -0.25) is 9.78 Å². The van der Waals surface area contributed by atoms with Crippen LogP contribution in [0.5, 0.6) is 0 Å². The zero-order valence-corrected chi connectivity index (χ0v) is 11.5. The number of nitriles is 1. The van der Waals surface area contributed by atoms with Crippen molar-refractivity contribution in [1.29, 1.82) is 5.26 Å². The van der Waals surface area contributed by atoms with Gasteiger partial charge in [0.05, 0.1) is 11.3 Å². The maximum absolute atomic E-state index is 12.0. The van der Waals surface area contributed by atoms with E-state index in [1.807, 2.05) is 17.0 Å². The van der Waals surface area contributed by atoms with Crippen molar-refractivity contribution in [2.45, 2.75) is 19.3 Å². The number of carbonyl (C=O) groups excluding carboxylic acids is 1. The van der Waals surface area contributed by atoms with Gasteiger partial charge in [0.25, 0.3) is 0 Å². The van der Waals surface area contributed by atoms with Crippen LogP contribution in [-0.2, 0) is 17.6 Å². The van der Waals surface area contributed by atoms with Crippen molar-refractivity contribution in [2.75, 3.05) is 11.4 Å². The van der Waals surface area contributed by atoms with Crippen LogP contribution in [0.3, 0.4) is 0 Å². The van der Waals surface area contributed by atoms with Crippen LogP contribution in [0.25, 0.3) is 11.1 Å². The van der Waals surface area contributed by atoms with Crippen molar-refractivity contribution in [3.63, 3.8) is 0 Å². The van der Waals surface area contributed by atoms with E-state index in [4.69, 9.17) is 0 Å². The monoisotopic (exact) mass is 275 g/mol. The highest BCUT2D eigenvalue weighted by molar-refractivity contribution is 6.00. The largest absolute Gasteiger partial charge is 0.311 e. The molecule has 4 heteroatoms. The summed E-state index contributed by atoms with van der Waals surface area (Å²) < 4.78 is 0. The third kappa shape index (κ3) is 1.67. The second-order valence-electron chi connectivity index (χ2n) is 5.43. The van der Waals surface area contributed by atoms with E-state index in [0.29, 0.717) is 18.4 Å². The average Bonchev–Trinajstić information content (AvgIpc) is 2.96. The molecular formula is C17H13N3O. The Labute approximate surface area is 122 Å². The van der Waals surface area contributed by atoms with E-state index in [1.54, 1.807) is 12.4 Å². The zero-order valence-electron chi connectivity index (χ0n) is 11.5. The van der Waals surface area contributed by atoms with E-state index >= 15 is 0 Å². The SMILES string of the molecule is N#Cc1c(-c2cccnc2)cc2c3c1CCC(=O)N3CC2. The van der Waals surface area contributed by atoms with Crippen LogP contribution in [0.15, 0.2) is 30.6 Å². The highest BCUT2D eigenvalue weighted by Crippen LogP contribution is 2.42. The van der Waals surface area contributed by atoms with Crippen molar-refractivity contribution in [3.05, 3.63) is 47.3 Å². The summed E-state index contributed by atoms with van der Waals surface area (Å²) in [6.07, 6.45) is 5.54. The summed E-state index contributed by atoms with van der Waals surface area (Å²) in [6, 6.07) is 8.26. The van der Waals surface area contributed by atoms with Gasteiger partial charge >= 0.3 is 0 Å². The van der Waals surface area contributed by atoms with Crippen molar-refractivity contribution >= 4 is 11.6 Å². The third-order valence-corrected chi connectivity index (χ3v) is 4.33. The Morgan fingerprint density at radius 2 is 2.19 bits per heavy atom. The van der Waals surface area contributed by atoms with E-state index in [1.165, 1.54) is 5.56 Å². The fourth-order valence-corrected chi connectivity index (χ4v) is 3.40. The lowest BCUT2D eigenvalue weighted by Gasteiger charge is -2.27. The number of aromatic nitrogens is 1. The number of rotatable bonds is 1. The highest BCUT2D eigenvalue weighted by Gasteiger charge is 2.33. The van der Waals surface area contributed by atoms with Crippen LogP contribution in [0.1, 0.15) is 23.1 Å². The lowest BCUT2D eigenvalue weighted by molar-refractivity contribution is -0.118. The molecule has 4 nitrogen and oxygen atoms in total. The molecule has 4 rings (SSSR count). The first-order chi connectivity index (χ1) is 10.3. The van der Waals surface area contributed by atoms with Gasteiger partial charge in [0.2, 0.25) is 5.91 Å². The summed E-state index contributed by atoms with van der Waals surface area (Å²) in [5.41, 5.74) is 5.80. The molecule has 0 atom stereocenters. The Balaban J connectivity index is 2.01. The van der Waals surface area contributed by atoms with Crippen molar-refractivity contribution in [2.24, 2.45) is 0 Å². The molecule has 2 aliphatic rings. The van der Waals surface area contributed by atoms with E-state index in [0.717, 1.165) is 35.3 Å². The molecule has 0 spiro atoms. The van der Waals surface area contributed by atoms with Crippen LogP contribution in [0.4, 0.5) is 5.69 Å². The molecule has 0 N–H and O–H groups in total. The van der Waals surface area contributed by atoms with Crippen LogP contribution < -0.4 is 4.90 Å². The van der Waals surface area contributed by atoms with Gasteiger partial charge in [-0.1, -0.05) is 6.07 Å². The Bertz CT molecular complexity index is 790. The van der Waals surface area contributed by atoms with Crippen LogP contribution in [0.2, 0.25) is 0 Å². The number of hydrogen-bond acceptors (Lipinski definition) is 3. The number of nitrogens with zero attached hydrogens (tertiary/aromatic N) is 3. The fraction of sp³-hybridized carbons (Fsp3) is 0.235. The Kier molecular flexibility index (Phi) is 2.55. The molecule has 2 aliphatic heterocycles. The van der Waals surface area contributed by atoms with Crippen LogP contribution >= 0.6 is 0 Å². The Morgan fingerprint density at radius 1 is 1.29 bits per heavy atom. The predicted octanol–water partition coefficient (Wildman–Crippen LogP) is 2.46. The minimum atomic E-state index is 0.180. The normalized spacial score (nSPS) is 15.8. The summed E-state index contributed by atoms with van der Waals surface area (Å²) in [6.45, 7) is 0.739. The summed E-state index contributed by atoms with van der Waals surface area (Å²) in [4.78, 5) is 18.0. The number of amides is 1. The lowest BCUT2D eigenvalue weighted by Crippen LogP contribution is -2.33. The Morgan fingerprint density at radius 3 is 2.95 bits per heavy atom. The summed E-state index contributed by atoms with van der Waals surface area (Å²) in [5.74, 6) is 0.180. The summed E-state index contributed by atoms with van der Waals surface area (Å²) in [5, 5.41) is 9.63. The number of anilines is 1. The molecule has 0 unspecified atom stereocenters. The third-order valence-electron chi connectivity index (χ3n) is 4.33. The molecule has 1 amide bonds. The van der Waals surface area contributed by atoms with Gasteiger partial charge in [0, 0.05) is 36.5 Å². The van der Waals surface area contributed by atoms with E-state index in [9.17, 15) is 10.1 Å². The predicted molar refractivity (Wildman–Crippen MR) is 78.8 cm³/mol. The van der Waals surface area contributed by atoms with Gasteiger partial charge in [-0.25, -0.2) is 0 Å². The maximum atomic E-state index is 12.0. The van der Waals surface area contributed by atoms with Gasteiger partial charge in [-0.15, -0.1) is 0 Å². The molecule has 0 saturated carbocycles. The van der Waals surface area contributed by atoms with E-state index < -0.39 is 0 Å². The number of hydrogen-bond donors (Lipinski definition) is 0. The van der Waals surface area contributed by atoms with Gasteiger partial charge in [0.1, 0.15) is 6.07 Å². The molecule has 0 aliphatic carbocycles. The molecule has 1 aromatic heterocycles. The van der Waals surface area contributed by atoms with Gasteiger partial charge in [0.15, 0.2) is 0 Å². The molecular weight excluding hydrogens is 262 g/mol. The minimum absolute atomic E-state index is 0.180. The smallest absolute Gasteiger partial charge is 0.227 e. The molecule has 0 bridgehead atoms. The quantitative estimate of drug-likeness (QED) is 0.803. The number of benzene rings is 1. The molecule has 2 aromatic rings. The maximum Gasteiger partial charge on any atom is 0.227 e. The van der Waals surface area contributed by atoms with E-state index in [-0.39, 0.29) is 5.91 Å². The molecule has 0 radical (unpaired) electrons. The van der Waals surface area contributed by atoms with Crippen molar-refractivity contribution < 1.29 is 4.79 Å². The van der Waals surface area contributed by atoms with Crippen molar-refractivity contribution in [3.8, 4) is 17.2 Å². The van der Waals surface area contributed by atoms with E-state index in [2.05, 4.69) is 17.1 Å². The van der Waals surface area contributed by atoms with Gasteiger partial charge in [-0.05, 0) is 36.1 Å². The second kappa shape index (κ2) is 4.42. The fourth-order valence-electron chi connectivity index (χ4n) is 3.40. The molecule has 1 aromatic carbocycles. The standard InChI is InChI=1S/C17H13N3O/c18-9-15-13-3-4-16(21)20-7-5-11(17(13)20)8-14(15)12-2-1-6-19-10-12/h1-2,6,8,10H,3-5,7H2. The molecule has 0 saturated heterocycles.